The summed E-state index contributed by atoms with van der Waals surface area (Å²) in [5, 5.41) is 9.42. The zero-order chi connectivity index (χ0) is 12.6. The Morgan fingerprint density at radius 3 is 2.53 bits per heavy atom. The monoisotopic (exact) mass is 237 g/mol. The Morgan fingerprint density at radius 2 is 2.00 bits per heavy atom. The summed E-state index contributed by atoms with van der Waals surface area (Å²) < 4.78 is 5.36. The maximum Gasteiger partial charge on any atom is 0.0689 e. The van der Waals surface area contributed by atoms with E-state index in [2.05, 4.69) is 13.0 Å². The molecule has 1 saturated carbocycles. The molecule has 0 amide bonds. The van der Waals surface area contributed by atoms with Crippen molar-refractivity contribution in [2.24, 2.45) is 11.3 Å². The lowest BCUT2D eigenvalue weighted by molar-refractivity contribution is 0.121. The van der Waals surface area contributed by atoms with Crippen molar-refractivity contribution in [3.63, 3.8) is 0 Å². The molecule has 0 unspecified atom stereocenters. The number of nitrogens with zero attached hydrogens (tertiary/aromatic N) is 1. The van der Waals surface area contributed by atoms with Crippen molar-refractivity contribution in [3.8, 4) is 6.07 Å². The Labute approximate surface area is 106 Å². The SMILES string of the molecule is CCCC1CCC(C#N)(CCCOCC)CC1. The van der Waals surface area contributed by atoms with Crippen LogP contribution in [0.2, 0.25) is 0 Å². The summed E-state index contributed by atoms with van der Waals surface area (Å²) in [4.78, 5) is 0. The maximum absolute atomic E-state index is 9.42. The highest BCUT2D eigenvalue weighted by molar-refractivity contribution is 5.01. The van der Waals surface area contributed by atoms with Crippen molar-refractivity contribution in [1.29, 1.82) is 5.26 Å². The fraction of sp³-hybridized carbons (Fsp3) is 0.933. The van der Waals surface area contributed by atoms with Crippen LogP contribution >= 0.6 is 0 Å². The van der Waals surface area contributed by atoms with Crippen molar-refractivity contribution in [3.05, 3.63) is 0 Å². The smallest absolute Gasteiger partial charge is 0.0689 e. The predicted molar refractivity (Wildman–Crippen MR) is 70.6 cm³/mol. The normalized spacial score (nSPS) is 28.9. The van der Waals surface area contributed by atoms with Crippen molar-refractivity contribution in [2.75, 3.05) is 13.2 Å². The van der Waals surface area contributed by atoms with E-state index in [1.807, 2.05) is 6.92 Å². The highest BCUT2D eigenvalue weighted by Crippen LogP contribution is 2.43. The lowest BCUT2D eigenvalue weighted by atomic mass is 9.68. The summed E-state index contributed by atoms with van der Waals surface area (Å²) in [6, 6.07) is 2.60. The molecule has 0 heterocycles. The van der Waals surface area contributed by atoms with Gasteiger partial charge >= 0.3 is 0 Å². The first-order valence-corrected chi connectivity index (χ1v) is 7.25. The Kier molecular flexibility index (Phi) is 6.58. The zero-order valence-electron chi connectivity index (χ0n) is 11.5. The first-order chi connectivity index (χ1) is 8.26. The molecular formula is C15H27NO. The van der Waals surface area contributed by atoms with Crippen LogP contribution in [-0.2, 0) is 4.74 Å². The summed E-state index contributed by atoms with van der Waals surface area (Å²) in [5.41, 5.74) is -0.0264. The minimum Gasteiger partial charge on any atom is -0.382 e. The molecule has 0 aromatic heterocycles. The third kappa shape index (κ3) is 4.68. The van der Waals surface area contributed by atoms with Gasteiger partial charge in [-0.3, -0.25) is 0 Å². The van der Waals surface area contributed by atoms with E-state index in [4.69, 9.17) is 4.74 Å². The molecule has 17 heavy (non-hydrogen) atoms. The van der Waals surface area contributed by atoms with Crippen LogP contribution in [0.3, 0.4) is 0 Å². The summed E-state index contributed by atoms with van der Waals surface area (Å²) in [6.45, 7) is 5.89. The summed E-state index contributed by atoms with van der Waals surface area (Å²) >= 11 is 0. The third-order valence-corrected chi connectivity index (χ3v) is 4.14. The molecule has 2 heteroatoms. The summed E-state index contributed by atoms with van der Waals surface area (Å²) in [6.07, 6.45) is 9.45. The molecule has 0 saturated heterocycles. The number of nitriles is 1. The molecular weight excluding hydrogens is 210 g/mol. The van der Waals surface area contributed by atoms with Crippen molar-refractivity contribution >= 4 is 0 Å². The summed E-state index contributed by atoms with van der Waals surface area (Å²) in [5.74, 6) is 0.883. The minimum absolute atomic E-state index is 0.0264. The van der Waals surface area contributed by atoms with Crippen LogP contribution in [0.25, 0.3) is 0 Å². The van der Waals surface area contributed by atoms with Gasteiger partial charge in [-0.25, -0.2) is 0 Å². The van der Waals surface area contributed by atoms with E-state index >= 15 is 0 Å². The maximum atomic E-state index is 9.42. The highest BCUT2D eigenvalue weighted by Gasteiger charge is 2.34. The van der Waals surface area contributed by atoms with Crippen LogP contribution in [0.4, 0.5) is 0 Å². The van der Waals surface area contributed by atoms with Gasteiger partial charge in [0.1, 0.15) is 0 Å². The quantitative estimate of drug-likeness (QED) is 0.618. The molecule has 2 nitrogen and oxygen atoms in total. The standard InChI is InChI=1S/C15H27NO/c1-3-6-14-7-10-15(13-16,11-8-14)9-5-12-17-4-2/h14H,3-12H2,1-2H3. The van der Waals surface area contributed by atoms with Crippen molar-refractivity contribution in [2.45, 2.75) is 65.2 Å². The van der Waals surface area contributed by atoms with Crippen LogP contribution < -0.4 is 0 Å². The molecule has 1 aliphatic rings. The molecule has 98 valence electrons. The van der Waals surface area contributed by atoms with Crippen LogP contribution in [0.1, 0.15) is 65.2 Å². The van der Waals surface area contributed by atoms with Gasteiger partial charge in [0.05, 0.1) is 11.5 Å². The second kappa shape index (κ2) is 7.71. The molecule has 1 rings (SSSR count). The van der Waals surface area contributed by atoms with Gasteiger partial charge in [-0.1, -0.05) is 19.8 Å². The molecule has 1 aliphatic carbocycles. The van der Waals surface area contributed by atoms with E-state index in [1.54, 1.807) is 0 Å². The van der Waals surface area contributed by atoms with Crippen LogP contribution in [0.5, 0.6) is 0 Å². The number of hydrogen-bond acceptors (Lipinski definition) is 2. The van der Waals surface area contributed by atoms with Gasteiger partial charge in [0.15, 0.2) is 0 Å². The average molecular weight is 237 g/mol. The Balaban J connectivity index is 2.31. The van der Waals surface area contributed by atoms with Gasteiger partial charge in [-0.15, -0.1) is 0 Å². The zero-order valence-corrected chi connectivity index (χ0v) is 11.5. The molecule has 0 spiro atoms. The summed E-state index contributed by atoms with van der Waals surface area (Å²) in [7, 11) is 0. The van der Waals surface area contributed by atoms with Gasteiger partial charge in [0.25, 0.3) is 0 Å². The fourth-order valence-electron chi connectivity index (χ4n) is 3.00. The molecule has 0 atom stereocenters. The molecule has 1 fully saturated rings. The predicted octanol–water partition coefficient (Wildman–Crippen LogP) is 4.30. The Morgan fingerprint density at radius 1 is 1.29 bits per heavy atom. The number of rotatable bonds is 7. The van der Waals surface area contributed by atoms with Gasteiger partial charge in [-0.05, 0) is 51.4 Å². The fourth-order valence-corrected chi connectivity index (χ4v) is 3.00. The first kappa shape index (κ1) is 14.5. The molecule has 0 radical (unpaired) electrons. The molecule has 0 aromatic rings. The van der Waals surface area contributed by atoms with Gasteiger partial charge < -0.3 is 4.74 Å². The lowest BCUT2D eigenvalue weighted by Crippen LogP contribution is -2.26. The van der Waals surface area contributed by atoms with Crippen molar-refractivity contribution < 1.29 is 4.74 Å². The van der Waals surface area contributed by atoms with Crippen LogP contribution in [0.15, 0.2) is 0 Å². The third-order valence-electron chi connectivity index (χ3n) is 4.14. The molecule has 0 aliphatic heterocycles. The second-order valence-corrected chi connectivity index (χ2v) is 5.42. The van der Waals surface area contributed by atoms with Crippen LogP contribution in [0, 0.1) is 22.7 Å². The van der Waals surface area contributed by atoms with E-state index in [1.165, 1.54) is 25.7 Å². The first-order valence-electron chi connectivity index (χ1n) is 7.25. The van der Waals surface area contributed by atoms with E-state index in [0.29, 0.717) is 0 Å². The molecule has 0 aromatic carbocycles. The van der Waals surface area contributed by atoms with Gasteiger partial charge in [0, 0.05) is 13.2 Å². The van der Waals surface area contributed by atoms with Gasteiger partial charge in [-0.2, -0.15) is 5.26 Å². The number of hydrogen-bond donors (Lipinski definition) is 0. The van der Waals surface area contributed by atoms with E-state index in [-0.39, 0.29) is 5.41 Å². The largest absolute Gasteiger partial charge is 0.382 e. The Hall–Kier alpha value is -0.550. The second-order valence-electron chi connectivity index (χ2n) is 5.42. The van der Waals surface area contributed by atoms with Gasteiger partial charge in [0.2, 0.25) is 0 Å². The van der Waals surface area contributed by atoms with Crippen molar-refractivity contribution in [1.82, 2.24) is 0 Å². The topological polar surface area (TPSA) is 33.0 Å². The lowest BCUT2D eigenvalue weighted by Gasteiger charge is -2.35. The molecule has 0 bridgehead atoms. The van der Waals surface area contributed by atoms with E-state index in [9.17, 15) is 5.26 Å². The Bertz CT molecular complexity index is 230. The highest BCUT2D eigenvalue weighted by atomic mass is 16.5. The number of ether oxygens (including phenoxy) is 1. The molecule has 0 N–H and O–H groups in total. The minimum atomic E-state index is -0.0264. The van der Waals surface area contributed by atoms with Crippen LogP contribution in [-0.4, -0.2) is 13.2 Å². The van der Waals surface area contributed by atoms with E-state index < -0.39 is 0 Å². The average Bonchev–Trinajstić information content (AvgIpc) is 2.37. The van der Waals surface area contributed by atoms with E-state index in [0.717, 1.165) is 44.8 Å².